The van der Waals surface area contributed by atoms with Crippen LogP contribution in [0, 0.1) is 19.8 Å². The molecule has 0 bridgehead atoms. The van der Waals surface area contributed by atoms with Crippen LogP contribution in [0.25, 0.3) is 0 Å². The lowest BCUT2D eigenvalue weighted by molar-refractivity contribution is 0.252. The first kappa shape index (κ1) is 17.0. The molecule has 128 valence electrons. The van der Waals surface area contributed by atoms with E-state index in [9.17, 15) is 4.79 Å². The molecule has 0 aliphatic heterocycles. The summed E-state index contributed by atoms with van der Waals surface area (Å²) in [7, 11) is 0. The van der Waals surface area contributed by atoms with Gasteiger partial charge in [-0.15, -0.1) is 11.3 Å². The van der Waals surface area contributed by atoms with E-state index >= 15 is 0 Å². The Kier molecular flexibility index (Phi) is 5.24. The SMILES string of the molecule is Cc1ccc(NC(=O)NCCc2csc3c2CC[C@@H](C)C3)c(C)c1. The minimum absolute atomic E-state index is 0.125. The second-order valence-corrected chi connectivity index (χ2v) is 7.92. The van der Waals surface area contributed by atoms with Crippen molar-refractivity contribution in [3.63, 3.8) is 0 Å². The van der Waals surface area contributed by atoms with Gasteiger partial charge in [0.2, 0.25) is 0 Å². The number of amides is 2. The predicted octanol–water partition coefficient (Wildman–Crippen LogP) is 4.85. The first-order chi connectivity index (χ1) is 11.5. The van der Waals surface area contributed by atoms with E-state index in [4.69, 9.17) is 0 Å². The highest BCUT2D eigenvalue weighted by atomic mass is 32.1. The Bertz CT molecular complexity index is 735. The minimum atomic E-state index is -0.125. The highest BCUT2D eigenvalue weighted by molar-refractivity contribution is 7.10. The van der Waals surface area contributed by atoms with Crippen molar-refractivity contribution >= 4 is 23.1 Å². The Labute approximate surface area is 148 Å². The molecule has 2 amide bonds. The molecule has 1 heterocycles. The van der Waals surface area contributed by atoms with Crippen LogP contribution < -0.4 is 10.6 Å². The predicted molar refractivity (Wildman–Crippen MR) is 102 cm³/mol. The summed E-state index contributed by atoms with van der Waals surface area (Å²) in [4.78, 5) is 13.6. The number of rotatable bonds is 4. The molecule has 1 aromatic heterocycles. The van der Waals surface area contributed by atoms with Crippen molar-refractivity contribution in [1.82, 2.24) is 5.32 Å². The molecule has 1 aliphatic carbocycles. The molecule has 0 radical (unpaired) electrons. The van der Waals surface area contributed by atoms with Gasteiger partial charge in [0.1, 0.15) is 0 Å². The number of hydrogen-bond donors (Lipinski definition) is 2. The summed E-state index contributed by atoms with van der Waals surface area (Å²) < 4.78 is 0. The summed E-state index contributed by atoms with van der Waals surface area (Å²) >= 11 is 1.89. The monoisotopic (exact) mass is 342 g/mol. The Morgan fingerprint density at radius 2 is 2.17 bits per heavy atom. The number of nitrogens with one attached hydrogen (secondary N) is 2. The van der Waals surface area contributed by atoms with Gasteiger partial charge in [0, 0.05) is 17.1 Å². The molecule has 0 fully saturated rings. The van der Waals surface area contributed by atoms with E-state index in [1.807, 2.05) is 30.4 Å². The molecule has 0 saturated heterocycles. The maximum Gasteiger partial charge on any atom is 0.319 e. The molecule has 0 saturated carbocycles. The number of hydrogen-bond acceptors (Lipinski definition) is 2. The van der Waals surface area contributed by atoms with Crippen molar-refractivity contribution in [3.8, 4) is 0 Å². The van der Waals surface area contributed by atoms with Gasteiger partial charge in [0.05, 0.1) is 0 Å². The molecule has 2 N–H and O–H groups in total. The number of anilines is 1. The van der Waals surface area contributed by atoms with Crippen LogP contribution in [0.4, 0.5) is 10.5 Å². The highest BCUT2D eigenvalue weighted by Crippen LogP contribution is 2.32. The van der Waals surface area contributed by atoms with Crippen molar-refractivity contribution in [1.29, 1.82) is 0 Å². The summed E-state index contributed by atoms with van der Waals surface area (Å²) in [5.41, 5.74) is 6.14. The summed E-state index contributed by atoms with van der Waals surface area (Å²) in [5, 5.41) is 8.20. The lowest BCUT2D eigenvalue weighted by Gasteiger charge is -2.19. The lowest BCUT2D eigenvalue weighted by atomic mass is 9.88. The Balaban J connectivity index is 1.51. The zero-order valence-electron chi connectivity index (χ0n) is 14.7. The maximum absolute atomic E-state index is 12.1. The average molecular weight is 343 g/mol. The van der Waals surface area contributed by atoms with Crippen molar-refractivity contribution in [3.05, 3.63) is 50.7 Å². The Morgan fingerprint density at radius 1 is 1.33 bits per heavy atom. The van der Waals surface area contributed by atoms with Gasteiger partial charge in [-0.2, -0.15) is 0 Å². The number of benzene rings is 1. The Morgan fingerprint density at radius 3 is 2.96 bits per heavy atom. The van der Waals surface area contributed by atoms with Crippen LogP contribution in [-0.2, 0) is 19.3 Å². The van der Waals surface area contributed by atoms with Crippen LogP contribution in [0.1, 0.15) is 40.5 Å². The van der Waals surface area contributed by atoms with Crippen molar-refractivity contribution in [2.24, 2.45) is 5.92 Å². The zero-order valence-corrected chi connectivity index (χ0v) is 15.6. The van der Waals surface area contributed by atoms with Crippen molar-refractivity contribution < 1.29 is 4.79 Å². The molecule has 1 aromatic carbocycles. The summed E-state index contributed by atoms with van der Waals surface area (Å²) in [6, 6.07) is 5.93. The third-order valence-electron chi connectivity index (χ3n) is 4.80. The van der Waals surface area contributed by atoms with Gasteiger partial charge in [-0.05, 0) is 73.6 Å². The van der Waals surface area contributed by atoms with Crippen LogP contribution in [0.3, 0.4) is 0 Å². The van der Waals surface area contributed by atoms with Crippen LogP contribution in [0.15, 0.2) is 23.6 Å². The fourth-order valence-corrected chi connectivity index (χ4v) is 4.69. The molecule has 0 unspecified atom stereocenters. The van der Waals surface area contributed by atoms with Crippen LogP contribution in [-0.4, -0.2) is 12.6 Å². The molecule has 3 rings (SSSR count). The number of carbonyl (C=O) groups is 1. The van der Waals surface area contributed by atoms with E-state index in [0.29, 0.717) is 6.54 Å². The molecule has 4 heteroatoms. The molecule has 2 aromatic rings. The normalized spacial score (nSPS) is 16.5. The van der Waals surface area contributed by atoms with Gasteiger partial charge in [-0.3, -0.25) is 0 Å². The van der Waals surface area contributed by atoms with Crippen LogP contribution in [0.5, 0.6) is 0 Å². The lowest BCUT2D eigenvalue weighted by Crippen LogP contribution is -2.30. The smallest absolute Gasteiger partial charge is 0.319 e. The van der Waals surface area contributed by atoms with Gasteiger partial charge in [0.25, 0.3) is 0 Å². The Hall–Kier alpha value is -1.81. The fraction of sp³-hybridized carbons (Fsp3) is 0.450. The van der Waals surface area contributed by atoms with E-state index < -0.39 is 0 Å². The average Bonchev–Trinajstić information content (AvgIpc) is 2.92. The van der Waals surface area contributed by atoms with E-state index in [-0.39, 0.29) is 6.03 Å². The van der Waals surface area contributed by atoms with Crippen molar-refractivity contribution in [2.75, 3.05) is 11.9 Å². The highest BCUT2D eigenvalue weighted by Gasteiger charge is 2.19. The maximum atomic E-state index is 12.1. The van der Waals surface area contributed by atoms with Crippen molar-refractivity contribution in [2.45, 2.75) is 46.5 Å². The summed E-state index contributed by atoms with van der Waals surface area (Å²) in [6.45, 7) is 7.08. The number of urea groups is 1. The molecule has 0 spiro atoms. The molecule has 1 atom stereocenters. The summed E-state index contributed by atoms with van der Waals surface area (Å²) in [6.07, 6.45) is 4.63. The number of aryl methyl sites for hydroxylation is 2. The number of carbonyl (C=O) groups excluding carboxylic acids is 1. The van der Waals surface area contributed by atoms with Gasteiger partial charge in [-0.25, -0.2) is 4.79 Å². The summed E-state index contributed by atoms with van der Waals surface area (Å²) in [5.74, 6) is 0.811. The third-order valence-corrected chi connectivity index (χ3v) is 5.90. The van der Waals surface area contributed by atoms with E-state index in [0.717, 1.165) is 23.6 Å². The largest absolute Gasteiger partial charge is 0.338 e. The third kappa shape index (κ3) is 3.99. The molecular formula is C20H26N2OS. The molecular weight excluding hydrogens is 316 g/mol. The van der Waals surface area contributed by atoms with E-state index in [1.54, 1.807) is 10.4 Å². The fourth-order valence-electron chi connectivity index (χ4n) is 3.39. The number of thiophene rings is 1. The zero-order chi connectivity index (χ0) is 17.1. The van der Waals surface area contributed by atoms with Gasteiger partial charge in [0.15, 0.2) is 0 Å². The van der Waals surface area contributed by atoms with Crippen LogP contribution >= 0.6 is 11.3 Å². The standard InChI is InChI=1S/C20H26N2OS/c1-13-5-7-18(15(3)10-13)22-20(23)21-9-8-16-12-24-19-11-14(2)4-6-17(16)19/h5,7,10,12,14H,4,6,8-9,11H2,1-3H3,(H2,21,22,23)/t14-/m1/s1. The minimum Gasteiger partial charge on any atom is -0.338 e. The second kappa shape index (κ2) is 7.39. The second-order valence-electron chi connectivity index (χ2n) is 6.96. The quantitative estimate of drug-likeness (QED) is 0.819. The topological polar surface area (TPSA) is 41.1 Å². The van der Waals surface area contributed by atoms with Gasteiger partial charge in [-0.1, -0.05) is 24.6 Å². The first-order valence-electron chi connectivity index (χ1n) is 8.73. The molecule has 24 heavy (non-hydrogen) atoms. The van der Waals surface area contributed by atoms with E-state index in [2.05, 4.69) is 35.9 Å². The van der Waals surface area contributed by atoms with Crippen LogP contribution in [0.2, 0.25) is 0 Å². The number of fused-ring (bicyclic) bond motifs is 1. The van der Waals surface area contributed by atoms with E-state index in [1.165, 1.54) is 30.4 Å². The van der Waals surface area contributed by atoms with Gasteiger partial charge >= 0.3 is 6.03 Å². The first-order valence-corrected chi connectivity index (χ1v) is 9.61. The molecule has 3 nitrogen and oxygen atoms in total. The van der Waals surface area contributed by atoms with Gasteiger partial charge < -0.3 is 10.6 Å². The molecule has 1 aliphatic rings.